The topological polar surface area (TPSA) is 55.7 Å². The lowest BCUT2D eigenvalue weighted by atomic mass is 10.3. The van der Waals surface area contributed by atoms with Crippen LogP contribution < -0.4 is 4.74 Å². The van der Waals surface area contributed by atoms with Gasteiger partial charge in [-0.15, -0.1) is 0 Å². The number of H-pyrrole nitrogens is 1. The summed E-state index contributed by atoms with van der Waals surface area (Å²) in [4.78, 5) is 11.4. The fourth-order valence-corrected chi connectivity index (χ4v) is 2.70. The van der Waals surface area contributed by atoms with Crippen LogP contribution in [0.3, 0.4) is 0 Å². The molecule has 3 rings (SSSR count). The lowest BCUT2D eigenvalue weighted by Crippen LogP contribution is -1.97. The molecule has 0 saturated carbocycles. The summed E-state index contributed by atoms with van der Waals surface area (Å²) in [6.45, 7) is 0. The highest BCUT2D eigenvalue weighted by molar-refractivity contribution is 9.10. The highest BCUT2D eigenvalue weighted by Crippen LogP contribution is 2.28. The monoisotopic (exact) mass is 370 g/mol. The first kappa shape index (κ1) is 13.5. The highest BCUT2D eigenvalue weighted by atomic mass is 79.9. The maximum Gasteiger partial charge on any atom is 0.242 e. The summed E-state index contributed by atoms with van der Waals surface area (Å²) in [6.07, 6.45) is 1.44. The normalized spacial score (nSPS) is 10.9. The van der Waals surface area contributed by atoms with E-state index < -0.39 is 0 Å². The third-order valence-electron chi connectivity index (χ3n) is 2.79. The number of nitrogens with zero attached hydrogens (tertiary/aromatic N) is 3. The van der Waals surface area contributed by atoms with E-state index in [4.69, 9.17) is 28.6 Å². The Morgan fingerprint density at radius 2 is 2.20 bits per heavy atom. The van der Waals surface area contributed by atoms with Gasteiger partial charge in [-0.05, 0) is 46.3 Å². The van der Waals surface area contributed by atoms with Gasteiger partial charge in [0.1, 0.15) is 11.8 Å². The van der Waals surface area contributed by atoms with Gasteiger partial charge in [-0.1, -0.05) is 11.6 Å². The first-order valence-electron chi connectivity index (χ1n) is 5.57. The minimum Gasteiger partial charge on any atom is -0.479 e. The van der Waals surface area contributed by atoms with Gasteiger partial charge in [-0.2, -0.15) is 4.98 Å². The second kappa shape index (κ2) is 5.16. The lowest BCUT2D eigenvalue weighted by molar-refractivity contribution is 0.401. The van der Waals surface area contributed by atoms with Crippen LogP contribution in [0.2, 0.25) is 5.02 Å². The van der Waals surface area contributed by atoms with Crippen LogP contribution in [0.5, 0.6) is 5.88 Å². The third kappa shape index (κ3) is 2.11. The molecule has 0 spiro atoms. The van der Waals surface area contributed by atoms with Crippen LogP contribution in [0.25, 0.3) is 16.9 Å². The van der Waals surface area contributed by atoms with Crippen molar-refractivity contribution in [2.24, 2.45) is 0 Å². The van der Waals surface area contributed by atoms with Crippen molar-refractivity contribution in [3.8, 4) is 11.6 Å². The summed E-state index contributed by atoms with van der Waals surface area (Å²) in [5, 5.41) is 0.632. The Morgan fingerprint density at radius 1 is 1.40 bits per heavy atom. The van der Waals surface area contributed by atoms with Crippen molar-refractivity contribution in [1.82, 2.24) is 19.5 Å². The minimum atomic E-state index is 0.452. The van der Waals surface area contributed by atoms with E-state index in [9.17, 15) is 0 Å². The molecular formula is C12H8BrClN4OS. The predicted octanol–water partition coefficient (Wildman–Crippen LogP) is 3.90. The number of imidazole rings is 1. The Hall–Kier alpha value is -1.44. The highest BCUT2D eigenvalue weighted by Gasteiger charge is 2.13. The standard InChI is InChI=1S/C12H8BrClN4OS/c1-19-11-9-10(15-5-16-11)18(12(20)17-9)6-2-3-8(14)7(13)4-6/h2-5H,1H3,(H,17,20). The molecule has 0 aliphatic heterocycles. The average Bonchev–Trinajstić information content (AvgIpc) is 2.78. The maximum atomic E-state index is 6.01. The number of halogens is 2. The molecule has 3 aromatic rings. The van der Waals surface area contributed by atoms with E-state index in [0.717, 1.165) is 10.2 Å². The van der Waals surface area contributed by atoms with Crippen molar-refractivity contribution in [3.63, 3.8) is 0 Å². The lowest BCUT2D eigenvalue weighted by Gasteiger charge is -2.05. The molecule has 2 aromatic heterocycles. The summed E-state index contributed by atoms with van der Waals surface area (Å²) in [7, 11) is 1.55. The van der Waals surface area contributed by atoms with Gasteiger partial charge in [0.2, 0.25) is 5.88 Å². The molecule has 0 saturated heterocycles. The first-order chi connectivity index (χ1) is 9.61. The van der Waals surface area contributed by atoms with Gasteiger partial charge in [-0.25, -0.2) is 4.98 Å². The molecule has 0 aliphatic rings. The summed E-state index contributed by atoms with van der Waals surface area (Å²) in [5.74, 6) is 0.452. The predicted molar refractivity (Wildman–Crippen MR) is 83.3 cm³/mol. The second-order valence-electron chi connectivity index (χ2n) is 3.95. The number of aromatic nitrogens is 4. The van der Waals surface area contributed by atoms with Crippen LogP contribution in [0, 0.1) is 4.77 Å². The molecule has 0 radical (unpaired) electrons. The maximum absolute atomic E-state index is 6.01. The molecule has 2 heterocycles. The van der Waals surface area contributed by atoms with Gasteiger partial charge in [0, 0.05) is 4.47 Å². The van der Waals surface area contributed by atoms with Crippen molar-refractivity contribution in [1.29, 1.82) is 0 Å². The van der Waals surface area contributed by atoms with E-state index in [0.29, 0.717) is 26.8 Å². The van der Waals surface area contributed by atoms with Gasteiger partial charge < -0.3 is 9.72 Å². The van der Waals surface area contributed by atoms with E-state index in [2.05, 4.69) is 30.9 Å². The van der Waals surface area contributed by atoms with Crippen LogP contribution in [0.4, 0.5) is 0 Å². The Balaban J connectivity index is 2.33. The van der Waals surface area contributed by atoms with E-state index >= 15 is 0 Å². The van der Waals surface area contributed by atoms with Gasteiger partial charge >= 0.3 is 0 Å². The zero-order valence-corrected chi connectivity index (χ0v) is 13.4. The number of hydrogen-bond acceptors (Lipinski definition) is 4. The quantitative estimate of drug-likeness (QED) is 0.694. The SMILES string of the molecule is COc1ncnc2c1[nH]c(=S)n2-c1ccc(Cl)c(Br)c1. The van der Waals surface area contributed by atoms with Crippen LogP contribution in [-0.2, 0) is 0 Å². The molecule has 20 heavy (non-hydrogen) atoms. The van der Waals surface area contributed by atoms with E-state index in [1.807, 2.05) is 12.1 Å². The van der Waals surface area contributed by atoms with Crippen molar-refractivity contribution < 1.29 is 4.74 Å². The number of ether oxygens (including phenoxy) is 1. The average molecular weight is 372 g/mol. The Morgan fingerprint density at radius 3 is 2.90 bits per heavy atom. The van der Waals surface area contributed by atoms with Crippen LogP contribution in [-0.4, -0.2) is 26.6 Å². The molecule has 0 atom stereocenters. The number of benzene rings is 1. The molecule has 102 valence electrons. The van der Waals surface area contributed by atoms with Crippen molar-refractivity contribution in [2.75, 3.05) is 7.11 Å². The third-order valence-corrected chi connectivity index (χ3v) is 4.29. The van der Waals surface area contributed by atoms with Crippen LogP contribution in [0.1, 0.15) is 0 Å². The first-order valence-corrected chi connectivity index (χ1v) is 7.15. The molecule has 1 N–H and O–H groups in total. The molecule has 5 nitrogen and oxygen atoms in total. The van der Waals surface area contributed by atoms with Gasteiger partial charge in [0.15, 0.2) is 10.4 Å². The van der Waals surface area contributed by atoms with Crippen LogP contribution in [0.15, 0.2) is 29.0 Å². The molecule has 0 bridgehead atoms. The Kier molecular flexibility index (Phi) is 3.49. The van der Waals surface area contributed by atoms with E-state index in [-0.39, 0.29) is 0 Å². The summed E-state index contributed by atoms with van der Waals surface area (Å²) in [5.41, 5.74) is 2.15. The van der Waals surface area contributed by atoms with Gasteiger partial charge in [-0.3, -0.25) is 4.57 Å². The Labute approximate surface area is 132 Å². The molecular weight excluding hydrogens is 364 g/mol. The van der Waals surface area contributed by atoms with Crippen molar-refractivity contribution in [3.05, 3.63) is 38.8 Å². The number of fused-ring (bicyclic) bond motifs is 1. The zero-order chi connectivity index (χ0) is 14.3. The number of aromatic amines is 1. The molecule has 1 aromatic carbocycles. The summed E-state index contributed by atoms with van der Waals surface area (Å²) in [6, 6.07) is 5.53. The molecule has 8 heteroatoms. The molecule has 0 unspecified atom stereocenters. The van der Waals surface area contributed by atoms with Gasteiger partial charge in [0.25, 0.3) is 0 Å². The fourth-order valence-electron chi connectivity index (χ4n) is 1.92. The zero-order valence-electron chi connectivity index (χ0n) is 10.2. The number of nitrogens with one attached hydrogen (secondary N) is 1. The minimum absolute atomic E-state index is 0.452. The number of rotatable bonds is 2. The summed E-state index contributed by atoms with van der Waals surface area (Å²) < 4.78 is 8.30. The number of hydrogen-bond donors (Lipinski definition) is 1. The van der Waals surface area contributed by atoms with Crippen molar-refractivity contribution >= 4 is 50.9 Å². The van der Waals surface area contributed by atoms with Gasteiger partial charge in [0.05, 0.1) is 17.8 Å². The Bertz CT molecular complexity index is 860. The largest absolute Gasteiger partial charge is 0.479 e. The molecule has 0 amide bonds. The second-order valence-corrected chi connectivity index (χ2v) is 5.59. The summed E-state index contributed by atoms with van der Waals surface area (Å²) >= 11 is 14.8. The van der Waals surface area contributed by atoms with E-state index in [1.165, 1.54) is 6.33 Å². The number of methoxy groups -OCH3 is 1. The van der Waals surface area contributed by atoms with Crippen LogP contribution >= 0.6 is 39.7 Å². The molecule has 0 fully saturated rings. The smallest absolute Gasteiger partial charge is 0.242 e. The molecule has 0 aliphatic carbocycles. The van der Waals surface area contributed by atoms with Crippen molar-refractivity contribution in [2.45, 2.75) is 0 Å². The fraction of sp³-hybridized carbons (Fsp3) is 0.0833. The van der Waals surface area contributed by atoms with E-state index in [1.54, 1.807) is 17.7 Å².